The molecule has 6 nitrogen and oxygen atoms in total. The van der Waals surface area contributed by atoms with Crippen molar-refractivity contribution in [3.05, 3.63) is 84.2 Å². The van der Waals surface area contributed by atoms with Gasteiger partial charge in [0.2, 0.25) is 0 Å². The van der Waals surface area contributed by atoms with Crippen molar-refractivity contribution in [2.24, 2.45) is 0 Å². The highest BCUT2D eigenvalue weighted by atomic mass is 32.1. The number of aromatic nitrogens is 3. The van der Waals surface area contributed by atoms with E-state index in [2.05, 4.69) is 49.1 Å². The van der Waals surface area contributed by atoms with Gasteiger partial charge in [-0.1, -0.05) is 12.1 Å². The van der Waals surface area contributed by atoms with Crippen molar-refractivity contribution in [1.29, 1.82) is 0 Å². The molecule has 4 rings (SSSR count). The van der Waals surface area contributed by atoms with Gasteiger partial charge in [0.15, 0.2) is 5.11 Å². The molecule has 0 bridgehead atoms. The Morgan fingerprint density at radius 1 is 1.14 bits per heavy atom. The molecule has 28 heavy (non-hydrogen) atoms. The van der Waals surface area contributed by atoms with E-state index in [1.165, 1.54) is 5.69 Å². The van der Waals surface area contributed by atoms with Gasteiger partial charge in [-0.2, -0.15) is 0 Å². The van der Waals surface area contributed by atoms with Gasteiger partial charge in [-0.15, -0.1) is 0 Å². The van der Waals surface area contributed by atoms with Gasteiger partial charge in [0.1, 0.15) is 0 Å². The molecular weight excluding hydrogens is 370 g/mol. The van der Waals surface area contributed by atoms with Gasteiger partial charge in [0, 0.05) is 50.7 Å². The van der Waals surface area contributed by atoms with Crippen molar-refractivity contribution in [2.75, 3.05) is 13.7 Å². The van der Waals surface area contributed by atoms with E-state index in [-0.39, 0.29) is 12.1 Å². The van der Waals surface area contributed by atoms with Crippen LogP contribution < -0.4 is 5.32 Å². The normalized spacial score (nSPS) is 19.0. The number of pyridine rings is 2. The van der Waals surface area contributed by atoms with Gasteiger partial charge < -0.3 is 19.5 Å². The van der Waals surface area contributed by atoms with Gasteiger partial charge in [-0.25, -0.2) is 0 Å². The second kappa shape index (κ2) is 8.50. The Morgan fingerprint density at radius 2 is 2.07 bits per heavy atom. The molecule has 2 atom stereocenters. The maximum absolute atomic E-state index is 5.73. The summed E-state index contributed by atoms with van der Waals surface area (Å²) in [6, 6.07) is 14.2. The first-order chi connectivity index (χ1) is 13.8. The van der Waals surface area contributed by atoms with E-state index in [1.807, 2.05) is 36.7 Å². The molecule has 0 aromatic carbocycles. The number of methoxy groups -OCH3 is 1. The Labute approximate surface area is 170 Å². The summed E-state index contributed by atoms with van der Waals surface area (Å²) >= 11 is 5.73. The summed E-state index contributed by atoms with van der Waals surface area (Å²) in [6.07, 6.45) is 7.59. The van der Waals surface area contributed by atoms with Crippen LogP contribution in [0.2, 0.25) is 0 Å². The lowest BCUT2D eigenvalue weighted by atomic mass is 10.0. The zero-order valence-electron chi connectivity index (χ0n) is 15.7. The van der Waals surface area contributed by atoms with E-state index in [0.29, 0.717) is 13.2 Å². The molecule has 0 spiro atoms. The Kier molecular flexibility index (Phi) is 5.64. The molecule has 7 heteroatoms. The first-order valence-electron chi connectivity index (χ1n) is 9.29. The predicted molar refractivity (Wildman–Crippen MR) is 112 cm³/mol. The maximum atomic E-state index is 5.73. The predicted octanol–water partition coefficient (Wildman–Crippen LogP) is 3.10. The quantitative estimate of drug-likeness (QED) is 0.623. The van der Waals surface area contributed by atoms with Gasteiger partial charge in [-0.3, -0.25) is 9.97 Å². The summed E-state index contributed by atoms with van der Waals surface area (Å²) in [5, 5.41) is 4.22. The summed E-state index contributed by atoms with van der Waals surface area (Å²) < 4.78 is 7.52. The van der Waals surface area contributed by atoms with Crippen LogP contribution in [0.1, 0.15) is 29.0 Å². The first-order valence-corrected chi connectivity index (χ1v) is 9.69. The lowest BCUT2D eigenvalue weighted by molar-refractivity contribution is 0.183. The zero-order valence-corrected chi connectivity index (χ0v) is 16.5. The van der Waals surface area contributed by atoms with E-state index < -0.39 is 0 Å². The van der Waals surface area contributed by atoms with Gasteiger partial charge >= 0.3 is 0 Å². The van der Waals surface area contributed by atoms with Gasteiger partial charge in [0.05, 0.1) is 24.4 Å². The Hall–Kier alpha value is -2.77. The minimum Gasteiger partial charge on any atom is -0.383 e. The molecule has 1 fully saturated rings. The smallest absolute Gasteiger partial charge is 0.170 e. The van der Waals surface area contributed by atoms with Crippen molar-refractivity contribution < 1.29 is 4.74 Å². The Morgan fingerprint density at radius 3 is 2.82 bits per heavy atom. The third kappa shape index (κ3) is 3.76. The molecule has 0 aliphatic carbocycles. The third-order valence-corrected chi connectivity index (χ3v) is 5.33. The molecule has 3 aromatic rings. The lowest BCUT2D eigenvalue weighted by Crippen LogP contribution is -2.30. The number of hydrogen-bond donors (Lipinski definition) is 1. The van der Waals surface area contributed by atoms with Crippen LogP contribution in [-0.4, -0.2) is 38.3 Å². The minimum absolute atomic E-state index is 0.0227. The standard InChI is InChI=1S/C21H23N5OS/c1-27-13-12-25-11-5-8-18(25)20-19(17-7-2-3-10-23-17)24-21(28)26(20)15-16-6-4-9-22-14-16/h2-11,14,19-20H,12-13,15H2,1H3,(H,24,28)/t19-,20+/m1/s1. The van der Waals surface area contributed by atoms with Crippen LogP contribution in [0.4, 0.5) is 0 Å². The van der Waals surface area contributed by atoms with E-state index in [0.717, 1.165) is 22.9 Å². The highest BCUT2D eigenvalue weighted by Crippen LogP contribution is 2.39. The van der Waals surface area contributed by atoms with Gasteiger partial charge in [0.25, 0.3) is 0 Å². The molecule has 0 radical (unpaired) electrons. The molecule has 0 unspecified atom stereocenters. The molecule has 144 valence electrons. The van der Waals surface area contributed by atoms with E-state index in [4.69, 9.17) is 17.0 Å². The molecule has 1 aliphatic rings. The summed E-state index contributed by atoms with van der Waals surface area (Å²) in [7, 11) is 1.72. The Bertz CT molecular complexity index is 915. The highest BCUT2D eigenvalue weighted by molar-refractivity contribution is 7.80. The van der Waals surface area contributed by atoms with Crippen LogP contribution in [0.25, 0.3) is 0 Å². The minimum atomic E-state index is -0.0263. The van der Waals surface area contributed by atoms with E-state index in [9.17, 15) is 0 Å². The van der Waals surface area contributed by atoms with Crippen molar-refractivity contribution in [2.45, 2.75) is 25.2 Å². The molecule has 1 N–H and O–H groups in total. The summed E-state index contributed by atoms with van der Waals surface area (Å²) in [4.78, 5) is 11.1. The molecule has 0 saturated carbocycles. The first kappa shape index (κ1) is 18.6. The highest BCUT2D eigenvalue weighted by Gasteiger charge is 2.41. The molecule has 4 heterocycles. The average Bonchev–Trinajstić information content (AvgIpc) is 3.32. The van der Waals surface area contributed by atoms with Crippen molar-refractivity contribution in [3.63, 3.8) is 0 Å². The van der Waals surface area contributed by atoms with Crippen LogP contribution in [0.15, 0.2) is 67.3 Å². The number of thiocarbonyl (C=S) groups is 1. The zero-order chi connectivity index (χ0) is 19.3. The molecular formula is C21H23N5OS. The number of ether oxygens (including phenoxy) is 1. The number of nitrogens with one attached hydrogen (secondary N) is 1. The largest absolute Gasteiger partial charge is 0.383 e. The fourth-order valence-corrected chi connectivity index (χ4v) is 3.98. The fraction of sp³-hybridized carbons (Fsp3) is 0.286. The SMILES string of the molecule is COCCn1cccc1[C@H]1[C@@H](c2ccccn2)NC(=S)N1Cc1cccnc1. The summed E-state index contributed by atoms with van der Waals surface area (Å²) in [6.45, 7) is 2.13. The molecule has 1 saturated heterocycles. The molecule has 1 aliphatic heterocycles. The number of nitrogens with zero attached hydrogens (tertiary/aromatic N) is 4. The maximum Gasteiger partial charge on any atom is 0.170 e. The monoisotopic (exact) mass is 393 g/mol. The van der Waals surface area contributed by atoms with Crippen LogP contribution >= 0.6 is 12.2 Å². The van der Waals surface area contributed by atoms with Crippen molar-refractivity contribution >= 4 is 17.3 Å². The van der Waals surface area contributed by atoms with Crippen LogP contribution in [0.5, 0.6) is 0 Å². The van der Waals surface area contributed by atoms with Crippen LogP contribution in [0, 0.1) is 0 Å². The molecule has 0 amide bonds. The van der Waals surface area contributed by atoms with Crippen LogP contribution in [0.3, 0.4) is 0 Å². The van der Waals surface area contributed by atoms with E-state index in [1.54, 1.807) is 13.3 Å². The van der Waals surface area contributed by atoms with Gasteiger partial charge in [-0.05, 0) is 48.1 Å². The van der Waals surface area contributed by atoms with Crippen molar-refractivity contribution in [3.8, 4) is 0 Å². The second-order valence-electron chi connectivity index (χ2n) is 6.74. The van der Waals surface area contributed by atoms with Crippen molar-refractivity contribution in [1.82, 2.24) is 24.8 Å². The lowest BCUT2D eigenvalue weighted by Gasteiger charge is -2.29. The third-order valence-electron chi connectivity index (χ3n) is 4.98. The second-order valence-corrected chi connectivity index (χ2v) is 7.12. The Balaban J connectivity index is 1.72. The summed E-state index contributed by atoms with van der Waals surface area (Å²) in [5.74, 6) is 0. The summed E-state index contributed by atoms with van der Waals surface area (Å²) in [5.41, 5.74) is 3.28. The van der Waals surface area contributed by atoms with Crippen LogP contribution in [-0.2, 0) is 17.8 Å². The fourth-order valence-electron chi connectivity index (χ4n) is 3.67. The van der Waals surface area contributed by atoms with E-state index >= 15 is 0 Å². The average molecular weight is 394 g/mol. The topological polar surface area (TPSA) is 55.2 Å². The molecule has 3 aromatic heterocycles. The number of rotatable bonds is 7. The number of hydrogen-bond acceptors (Lipinski definition) is 4.